The van der Waals surface area contributed by atoms with Crippen LogP contribution in [-0.4, -0.2) is 132 Å². The van der Waals surface area contributed by atoms with E-state index in [9.17, 15) is 43.2 Å². The van der Waals surface area contributed by atoms with Crippen LogP contribution in [0, 0.1) is 0 Å². The molecule has 1 aromatic heterocycles. The predicted molar refractivity (Wildman–Crippen MR) is 252 cm³/mol. The van der Waals surface area contributed by atoms with Crippen LogP contribution in [0.3, 0.4) is 0 Å². The van der Waals surface area contributed by atoms with Crippen molar-refractivity contribution in [2.24, 2.45) is 27.9 Å². The SMILES string of the molecule is CC(=O)NCC(=O)NC1CCC(=O)NCCC(C(=O)N[C@@H](CCCCN)C(N)=O)NC(=O)[C@H](CCCN=C(N)N)NC(=O)C(Cc2ccccc2)NC(=O)[C@H](Cc2cnc[nH]2)NC1=O.CCCC. The van der Waals surface area contributed by atoms with Gasteiger partial charge in [0.25, 0.3) is 0 Å². The highest BCUT2D eigenvalue weighted by Crippen LogP contribution is 2.10. The summed E-state index contributed by atoms with van der Waals surface area (Å²) in [5, 5.41) is 20.7. The third-order valence-corrected chi connectivity index (χ3v) is 10.4. The van der Waals surface area contributed by atoms with Gasteiger partial charge in [0.15, 0.2) is 5.96 Å². The van der Waals surface area contributed by atoms with Crippen LogP contribution in [0.25, 0.3) is 0 Å². The fraction of sp³-hybridized carbons (Fsp3) is 0.568. The standard InChI is InChI=1S/C40H61N15O9.C4H10/c1-23(56)48-21-33(58)50-28-12-13-32(57)46-17-14-29(37(62)51-26(34(42)59)10-5-6-15-41)53-35(60)27(11-7-16-47-40(43)44)52-38(63)30(18-24-8-3-2-4-9-24)54-39(64)31(55-36(28)61)19-25-20-45-22-49-25;1-3-4-2/h2-4,8-9,20,22,26-31H,5-7,10-19,21,41H2,1H3,(H2,42,59)(H,45,49)(H,46,57)(H,48,56)(H,50,58)(H,51,62)(H,52,63)(H,53,60)(H,54,64)(H,55,61)(H4,43,44,47);3-4H2,1-2H3/t26-,27-,28?,29?,30?,31-;/m0./s1. The molecule has 24 heteroatoms. The third-order valence-electron chi connectivity index (χ3n) is 10.4. The van der Waals surface area contributed by atoms with E-state index in [1.54, 1.807) is 30.3 Å². The lowest BCUT2D eigenvalue weighted by atomic mass is 10.0. The minimum Gasteiger partial charge on any atom is -0.370 e. The van der Waals surface area contributed by atoms with Crippen LogP contribution in [0.4, 0.5) is 0 Å². The lowest BCUT2D eigenvalue weighted by Gasteiger charge is -2.27. The monoisotopic (exact) mass is 954 g/mol. The minimum absolute atomic E-state index is 0.0536. The zero-order chi connectivity index (χ0) is 50.4. The van der Waals surface area contributed by atoms with Crippen molar-refractivity contribution in [2.75, 3.05) is 26.2 Å². The number of H-pyrrole nitrogens is 1. The van der Waals surface area contributed by atoms with Crippen LogP contribution in [0.15, 0.2) is 47.8 Å². The zero-order valence-corrected chi connectivity index (χ0v) is 39.2. The quantitative estimate of drug-likeness (QED) is 0.0380. The normalized spacial score (nSPS) is 20.0. The van der Waals surface area contributed by atoms with Gasteiger partial charge < -0.3 is 70.5 Å². The second kappa shape index (κ2) is 31.7. The number of rotatable bonds is 19. The average molecular weight is 954 g/mol. The highest BCUT2D eigenvalue weighted by molar-refractivity contribution is 5.97. The first-order valence-corrected chi connectivity index (χ1v) is 22.9. The van der Waals surface area contributed by atoms with Crippen molar-refractivity contribution in [3.63, 3.8) is 0 Å². The molecule has 1 aliphatic rings. The van der Waals surface area contributed by atoms with Gasteiger partial charge in [-0.1, -0.05) is 57.0 Å². The van der Waals surface area contributed by atoms with E-state index in [2.05, 4.69) is 71.3 Å². The molecule has 0 spiro atoms. The second-order valence-corrected chi connectivity index (χ2v) is 16.1. The number of nitrogens with two attached hydrogens (primary N) is 4. The Kier molecular flexibility index (Phi) is 26.6. The summed E-state index contributed by atoms with van der Waals surface area (Å²) in [4.78, 5) is 131. The highest BCUT2D eigenvalue weighted by atomic mass is 16.2. The zero-order valence-electron chi connectivity index (χ0n) is 39.2. The number of benzene rings is 1. The smallest absolute Gasteiger partial charge is 0.243 e. The van der Waals surface area contributed by atoms with Gasteiger partial charge in [-0.25, -0.2) is 4.98 Å². The molecule has 2 heterocycles. The van der Waals surface area contributed by atoms with Gasteiger partial charge in [-0.05, 0) is 57.1 Å². The molecule has 0 bridgehead atoms. The summed E-state index contributed by atoms with van der Waals surface area (Å²) < 4.78 is 0. The van der Waals surface area contributed by atoms with E-state index >= 15 is 0 Å². The van der Waals surface area contributed by atoms with Gasteiger partial charge >= 0.3 is 0 Å². The maximum absolute atomic E-state index is 14.3. The Labute approximate surface area is 396 Å². The molecule has 9 amide bonds. The van der Waals surface area contributed by atoms with Crippen molar-refractivity contribution in [2.45, 2.75) is 134 Å². The second-order valence-electron chi connectivity index (χ2n) is 16.1. The molecule has 2 aromatic rings. The highest BCUT2D eigenvalue weighted by Gasteiger charge is 2.34. The molecule has 0 saturated carbocycles. The van der Waals surface area contributed by atoms with Crippen molar-refractivity contribution in [1.82, 2.24) is 52.5 Å². The Hall–Kier alpha value is -7.11. The molecule has 17 N–H and O–H groups in total. The number of imidazole rings is 1. The number of aromatic amines is 1. The number of unbranched alkanes of at least 4 members (excludes halogenated alkanes) is 2. The Morgan fingerprint density at radius 1 is 0.824 bits per heavy atom. The van der Waals surface area contributed by atoms with Crippen molar-refractivity contribution >= 4 is 59.1 Å². The molecule has 24 nitrogen and oxygen atoms in total. The molecule has 1 aliphatic heterocycles. The summed E-state index contributed by atoms with van der Waals surface area (Å²) in [6.45, 7) is 5.26. The van der Waals surface area contributed by atoms with Crippen molar-refractivity contribution < 1.29 is 43.2 Å². The van der Waals surface area contributed by atoms with E-state index < -0.39 is 96.0 Å². The summed E-state index contributed by atoms with van der Waals surface area (Å²) in [6, 6.07) is 0.649. The number of carbonyl (C=O) groups excluding carboxylic acids is 9. The van der Waals surface area contributed by atoms with Gasteiger partial charge in [-0.2, -0.15) is 0 Å². The number of nitrogens with one attached hydrogen (secondary N) is 9. The van der Waals surface area contributed by atoms with Crippen LogP contribution in [0.5, 0.6) is 0 Å². The molecular weight excluding hydrogens is 883 g/mol. The lowest BCUT2D eigenvalue weighted by Crippen LogP contribution is -2.60. The molecule has 0 aliphatic carbocycles. The number of aliphatic imine (C=N–C) groups is 1. The summed E-state index contributed by atoms with van der Waals surface area (Å²) in [5.74, 6) is -7.08. The largest absolute Gasteiger partial charge is 0.370 e. The van der Waals surface area contributed by atoms with Crippen molar-refractivity contribution in [1.29, 1.82) is 0 Å². The number of guanidine groups is 1. The van der Waals surface area contributed by atoms with E-state index in [4.69, 9.17) is 22.9 Å². The minimum atomic E-state index is -1.41. The van der Waals surface area contributed by atoms with E-state index in [1.807, 2.05) is 0 Å². The summed E-state index contributed by atoms with van der Waals surface area (Å²) in [7, 11) is 0. The maximum atomic E-state index is 14.3. The first-order valence-electron chi connectivity index (χ1n) is 22.9. The van der Waals surface area contributed by atoms with E-state index in [0.717, 1.165) is 0 Å². The summed E-state index contributed by atoms with van der Waals surface area (Å²) in [5.41, 5.74) is 23.2. The Morgan fingerprint density at radius 2 is 1.47 bits per heavy atom. The Balaban J connectivity index is 0.00000381. The van der Waals surface area contributed by atoms with E-state index in [1.165, 1.54) is 32.3 Å². The average Bonchev–Trinajstić information content (AvgIpc) is 3.82. The molecule has 376 valence electrons. The molecule has 3 rings (SSSR count). The van der Waals surface area contributed by atoms with Crippen molar-refractivity contribution in [3.8, 4) is 0 Å². The van der Waals surface area contributed by atoms with Crippen LogP contribution in [0.2, 0.25) is 0 Å². The van der Waals surface area contributed by atoms with Gasteiger partial charge in [0.2, 0.25) is 53.2 Å². The van der Waals surface area contributed by atoms with Crippen molar-refractivity contribution in [3.05, 3.63) is 54.1 Å². The van der Waals surface area contributed by atoms with E-state index in [0.29, 0.717) is 30.6 Å². The molecule has 1 fully saturated rings. The number of carbonyl (C=O) groups is 9. The maximum Gasteiger partial charge on any atom is 0.243 e. The molecule has 68 heavy (non-hydrogen) atoms. The fourth-order valence-electron chi connectivity index (χ4n) is 6.50. The molecule has 1 aromatic carbocycles. The van der Waals surface area contributed by atoms with Gasteiger partial charge in [0.1, 0.15) is 36.3 Å². The number of primary amides is 1. The first kappa shape index (κ1) is 57.0. The summed E-state index contributed by atoms with van der Waals surface area (Å²) in [6.07, 6.45) is 5.62. The Morgan fingerprint density at radius 3 is 2.07 bits per heavy atom. The topological polar surface area (TPSA) is 395 Å². The number of hydrogen-bond donors (Lipinski definition) is 13. The van der Waals surface area contributed by atoms with Crippen LogP contribution >= 0.6 is 0 Å². The number of amides is 9. The predicted octanol–water partition coefficient (Wildman–Crippen LogP) is -2.99. The van der Waals surface area contributed by atoms with E-state index in [-0.39, 0.29) is 70.4 Å². The molecular formula is C44H71N15O9. The number of hydrogen-bond acceptors (Lipinski definition) is 12. The molecule has 0 radical (unpaired) electrons. The Bertz CT molecular complexity index is 1960. The fourth-order valence-corrected chi connectivity index (χ4v) is 6.50. The van der Waals surface area contributed by atoms with Gasteiger partial charge in [-0.15, -0.1) is 0 Å². The van der Waals surface area contributed by atoms with Crippen LogP contribution < -0.4 is 65.5 Å². The molecule has 3 unspecified atom stereocenters. The van der Waals surface area contributed by atoms with Gasteiger partial charge in [0, 0.05) is 51.2 Å². The third kappa shape index (κ3) is 22.9. The van der Waals surface area contributed by atoms with Crippen LogP contribution in [-0.2, 0) is 56.0 Å². The number of aromatic nitrogens is 2. The molecule has 1 saturated heterocycles. The number of nitrogens with zero attached hydrogens (tertiary/aromatic N) is 2. The van der Waals surface area contributed by atoms with Gasteiger partial charge in [-0.3, -0.25) is 48.1 Å². The first-order chi connectivity index (χ1) is 32.5. The van der Waals surface area contributed by atoms with Gasteiger partial charge in [0.05, 0.1) is 12.9 Å². The summed E-state index contributed by atoms with van der Waals surface area (Å²) >= 11 is 0. The lowest BCUT2D eigenvalue weighted by molar-refractivity contribution is -0.135. The molecule has 6 atom stereocenters. The van der Waals surface area contributed by atoms with Crippen LogP contribution in [0.1, 0.15) is 96.2 Å².